The fourth-order valence-corrected chi connectivity index (χ4v) is 3.75. The van der Waals surface area contributed by atoms with Gasteiger partial charge in [-0.25, -0.2) is 0 Å². The first-order chi connectivity index (χ1) is 13.4. The molecule has 0 aromatic heterocycles. The molecule has 1 saturated heterocycles. The summed E-state index contributed by atoms with van der Waals surface area (Å²) in [7, 11) is 1.32. The number of ether oxygens (including phenoxy) is 2. The Labute approximate surface area is 160 Å². The van der Waals surface area contributed by atoms with Gasteiger partial charge >= 0.3 is 0 Å². The molecule has 8 heteroatoms. The van der Waals surface area contributed by atoms with Crippen molar-refractivity contribution in [2.75, 3.05) is 7.11 Å². The topological polar surface area (TPSA) is 125 Å². The highest BCUT2D eigenvalue weighted by atomic mass is 16.5. The molecule has 0 unspecified atom stereocenters. The van der Waals surface area contributed by atoms with Gasteiger partial charge in [-0.05, 0) is 24.1 Å². The van der Waals surface area contributed by atoms with E-state index < -0.39 is 17.9 Å². The van der Waals surface area contributed by atoms with Gasteiger partial charge in [0.05, 0.1) is 25.1 Å². The molecule has 0 aliphatic carbocycles. The van der Waals surface area contributed by atoms with E-state index in [2.05, 4.69) is 5.32 Å². The van der Waals surface area contributed by atoms with Crippen LogP contribution >= 0.6 is 0 Å². The van der Waals surface area contributed by atoms with Gasteiger partial charge in [0.2, 0.25) is 11.7 Å². The van der Waals surface area contributed by atoms with Gasteiger partial charge in [0.25, 0.3) is 0 Å². The predicted molar refractivity (Wildman–Crippen MR) is 96.9 cm³/mol. The van der Waals surface area contributed by atoms with Crippen LogP contribution in [0.2, 0.25) is 0 Å². The average Bonchev–Trinajstić information content (AvgIpc) is 3.08. The van der Waals surface area contributed by atoms with E-state index in [9.17, 15) is 24.9 Å². The zero-order valence-corrected chi connectivity index (χ0v) is 15.1. The molecule has 8 nitrogen and oxygen atoms in total. The number of phenolic OH excluding ortho intramolecular Hbond substituents is 3. The van der Waals surface area contributed by atoms with Crippen LogP contribution in [0.4, 0.5) is 0 Å². The molecule has 0 spiro atoms. The SMILES string of the molecule is COc1c(O)c([C@@H]2CCC(=O)N2)c(O)c2c1O[C@H](c1ccc(O)cc1)CC2=O. The summed E-state index contributed by atoms with van der Waals surface area (Å²) in [6.07, 6.45) is -0.0515. The number of phenols is 3. The second-order valence-electron chi connectivity index (χ2n) is 6.83. The van der Waals surface area contributed by atoms with Gasteiger partial charge in [-0.1, -0.05) is 12.1 Å². The minimum atomic E-state index is -0.662. The molecule has 1 fully saturated rings. The Bertz CT molecular complexity index is 968. The number of ketones is 1. The van der Waals surface area contributed by atoms with E-state index in [1.165, 1.54) is 19.2 Å². The van der Waals surface area contributed by atoms with Crippen LogP contribution in [-0.2, 0) is 4.79 Å². The van der Waals surface area contributed by atoms with Crippen LogP contribution in [0.3, 0.4) is 0 Å². The van der Waals surface area contributed by atoms with Crippen LogP contribution in [0.1, 0.15) is 52.9 Å². The Hall–Kier alpha value is -3.42. The lowest BCUT2D eigenvalue weighted by Gasteiger charge is -2.29. The first-order valence-electron chi connectivity index (χ1n) is 8.84. The van der Waals surface area contributed by atoms with E-state index in [0.717, 1.165) is 0 Å². The lowest BCUT2D eigenvalue weighted by molar-refractivity contribution is -0.119. The van der Waals surface area contributed by atoms with Crippen molar-refractivity contribution >= 4 is 11.7 Å². The van der Waals surface area contributed by atoms with Crippen molar-refractivity contribution in [1.29, 1.82) is 0 Å². The molecule has 2 aromatic rings. The number of fused-ring (bicyclic) bond motifs is 1. The third-order valence-corrected chi connectivity index (χ3v) is 5.12. The summed E-state index contributed by atoms with van der Waals surface area (Å²) in [6.45, 7) is 0. The van der Waals surface area contributed by atoms with E-state index in [1.807, 2.05) is 0 Å². The predicted octanol–water partition coefficient (Wildman–Crippen LogP) is 2.47. The van der Waals surface area contributed by atoms with Crippen LogP contribution in [-0.4, -0.2) is 34.1 Å². The highest BCUT2D eigenvalue weighted by Crippen LogP contribution is 2.54. The second kappa shape index (κ2) is 6.63. The number of hydrogen-bond donors (Lipinski definition) is 4. The number of amides is 1. The van der Waals surface area contributed by atoms with Gasteiger partial charge in [0.15, 0.2) is 17.3 Å². The molecular weight excluding hydrogens is 366 g/mol. The monoisotopic (exact) mass is 385 g/mol. The number of carbonyl (C=O) groups is 2. The number of rotatable bonds is 3. The lowest BCUT2D eigenvalue weighted by Crippen LogP contribution is -2.23. The minimum Gasteiger partial charge on any atom is -0.508 e. The highest BCUT2D eigenvalue weighted by Gasteiger charge is 2.39. The van der Waals surface area contributed by atoms with E-state index in [0.29, 0.717) is 12.0 Å². The molecule has 0 radical (unpaired) electrons. The standard InChI is InChI=1S/C20H19NO7/c1-27-20-18(26)15(11-6-7-14(24)21-11)17(25)16-12(23)8-13(28-19(16)20)9-2-4-10(22)5-3-9/h2-5,11,13,22,25-26H,6-8H2,1H3,(H,21,24)/t11-,13-/m0/s1. The molecule has 146 valence electrons. The second-order valence-corrected chi connectivity index (χ2v) is 6.83. The van der Waals surface area contributed by atoms with Gasteiger partial charge in [0, 0.05) is 6.42 Å². The Morgan fingerprint density at radius 1 is 1.11 bits per heavy atom. The minimum absolute atomic E-state index is 0.0320. The molecule has 2 aliphatic heterocycles. The normalized spacial score (nSPS) is 21.0. The van der Waals surface area contributed by atoms with Crippen molar-refractivity contribution in [1.82, 2.24) is 5.32 Å². The Morgan fingerprint density at radius 2 is 1.82 bits per heavy atom. The molecule has 0 bridgehead atoms. The zero-order chi connectivity index (χ0) is 20.0. The molecule has 28 heavy (non-hydrogen) atoms. The lowest BCUT2D eigenvalue weighted by atomic mass is 9.91. The summed E-state index contributed by atoms with van der Waals surface area (Å²) in [5, 5.41) is 33.6. The molecule has 4 N–H and O–H groups in total. The molecular formula is C20H19NO7. The molecule has 2 aliphatic rings. The van der Waals surface area contributed by atoms with Gasteiger partial charge in [0.1, 0.15) is 23.2 Å². The maximum atomic E-state index is 12.9. The van der Waals surface area contributed by atoms with E-state index in [1.54, 1.807) is 12.1 Å². The number of nitrogens with one attached hydrogen (secondary N) is 1. The van der Waals surface area contributed by atoms with Crippen LogP contribution in [0.15, 0.2) is 24.3 Å². The average molecular weight is 385 g/mol. The van der Waals surface area contributed by atoms with Crippen molar-refractivity contribution < 1.29 is 34.4 Å². The number of methoxy groups -OCH3 is 1. The van der Waals surface area contributed by atoms with Gasteiger partial charge in [-0.3, -0.25) is 9.59 Å². The number of aromatic hydroxyl groups is 3. The summed E-state index contributed by atoms with van der Waals surface area (Å²) >= 11 is 0. The van der Waals surface area contributed by atoms with Crippen LogP contribution in [0.25, 0.3) is 0 Å². The van der Waals surface area contributed by atoms with E-state index in [-0.39, 0.29) is 58.7 Å². The van der Waals surface area contributed by atoms with E-state index in [4.69, 9.17) is 9.47 Å². The number of carbonyl (C=O) groups excluding carboxylic acids is 2. The molecule has 1 amide bonds. The molecule has 2 aromatic carbocycles. The van der Waals surface area contributed by atoms with E-state index >= 15 is 0 Å². The first-order valence-corrected chi connectivity index (χ1v) is 8.84. The number of hydrogen-bond acceptors (Lipinski definition) is 7. The highest BCUT2D eigenvalue weighted by molar-refractivity contribution is 6.04. The van der Waals surface area contributed by atoms with Crippen LogP contribution in [0.5, 0.6) is 28.7 Å². The smallest absolute Gasteiger partial charge is 0.220 e. The van der Waals surface area contributed by atoms with Gasteiger partial charge in [-0.15, -0.1) is 0 Å². The fraction of sp³-hybridized carbons (Fsp3) is 0.300. The quantitative estimate of drug-likeness (QED) is 0.639. The summed E-state index contributed by atoms with van der Waals surface area (Å²) in [6, 6.07) is 5.61. The van der Waals surface area contributed by atoms with Crippen LogP contribution < -0.4 is 14.8 Å². The van der Waals surface area contributed by atoms with Gasteiger partial charge in [-0.2, -0.15) is 0 Å². The molecule has 4 rings (SSSR count). The molecule has 2 atom stereocenters. The van der Waals surface area contributed by atoms with Gasteiger partial charge < -0.3 is 30.1 Å². The summed E-state index contributed by atoms with van der Waals surface area (Å²) in [5.41, 5.74) is 0.646. The first kappa shape index (κ1) is 18.0. The van der Waals surface area contributed by atoms with Crippen molar-refractivity contribution in [2.24, 2.45) is 0 Å². The molecule has 2 heterocycles. The number of benzene rings is 2. The van der Waals surface area contributed by atoms with Crippen LogP contribution in [0, 0.1) is 0 Å². The third kappa shape index (κ3) is 2.77. The maximum absolute atomic E-state index is 12.9. The largest absolute Gasteiger partial charge is 0.508 e. The van der Waals surface area contributed by atoms with Crippen molar-refractivity contribution in [3.8, 4) is 28.7 Å². The third-order valence-electron chi connectivity index (χ3n) is 5.12. The van der Waals surface area contributed by atoms with Crippen molar-refractivity contribution in [2.45, 2.75) is 31.4 Å². The Balaban J connectivity index is 1.82. The Morgan fingerprint density at radius 3 is 2.43 bits per heavy atom. The fourth-order valence-electron chi connectivity index (χ4n) is 3.75. The zero-order valence-electron chi connectivity index (χ0n) is 15.1. The summed E-state index contributed by atoms with van der Waals surface area (Å²) in [4.78, 5) is 24.4. The Kier molecular flexibility index (Phi) is 4.26. The number of Topliss-reactive ketones (excluding diaryl/α,β-unsaturated/α-hetero) is 1. The summed E-state index contributed by atoms with van der Waals surface area (Å²) in [5.74, 6) is -1.38. The van der Waals surface area contributed by atoms with Crippen molar-refractivity contribution in [3.63, 3.8) is 0 Å². The van der Waals surface area contributed by atoms with Crippen molar-refractivity contribution in [3.05, 3.63) is 41.0 Å². The molecule has 0 saturated carbocycles. The maximum Gasteiger partial charge on any atom is 0.220 e. The summed E-state index contributed by atoms with van der Waals surface area (Å²) < 4.78 is 11.2.